The number of alkyl halides is 6. The number of hydrogen-bond acceptors (Lipinski definition) is 3. The van der Waals surface area contributed by atoms with Gasteiger partial charge in [0.25, 0.3) is 5.91 Å². The van der Waals surface area contributed by atoms with Gasteiger partial charge in [-0.25, -0.2) is 0 Å². The van der Waals surface area contributed by atoms with Crippen LogP contribution >= 0.6 is 0 Å². The topological polar surface area (TPSA) is 41.4 Å². The Morgan fingerprint density at radius 2 is 1.60 bits per heavy atom. The van der Waals surface area contributed by atoms with Gasteiger partial charge in [0.05, 0.1) is 17.3 Å². The molecule has 1 saturated heterocycles. The lowest BCUT2D eigenvalue weighted by atomic mass is 9.97. The molecule has 0 unspecified atom stereocenters. The van der Waals surface area contributed by atoms with Crippen molar-refractivity contribution < 1.29 is 31.1 Å². The van der Waals surface area contributed by atoms with Crippen molar-refractivity contribution in [1.82, 2.24) is 19.6 Å². The first-order valence-electron chi connectivity index (χ1n) is 13.1. The van der Waals surface area contributed by atoms with Gasteiger partial charge in [0.1, 0.15) is 0 Å². The third-order valence-electron chi connectivity index (χ3n) is 7.40. The summed E-state index contributed by atoms with van der Waals surface area (Å²) in [6.07, 6.45) is -4.20. The first-order chi connectivity index (χ1) is 18.7. The molecule has 2 heterocycles. The predicted octanol–water partition coefficient (Wildman–Crippen LogP) is 6.08. The Kier molecular flexibility index (Phi) is 8.63. The van der Waals surface area contributed by atoms with E-state index in [0.717, 1.165) is 41.6 Å². The van der Waals surface area contributed by atoms with Crippen molar-refractivity contribution in [2.45, 2.75) is 51.5 Å². The van der Waals surface area contributed by atoms with E-state index in [1.54, 1.807) is 4.68 Å². The molecule has 0 spiro atoms. The van der Waals surface area contributed by atoms with Gasteiger partial charge in [-0.1, -0.05) is 18.2 Å². The second kappa shape index (κ2) is 11.6. The van der Waals surface area contributed by atoms with Crippen LogP contribution in [0.4, 0.5) is 26.3 Å². The van der Waals surface area contributed by atoms with Gasteiger partial charge in [0, 0.05) is 44.5 Å². The van der Waals surface area contributed by atoms with Crippen LogP contribution in [-0.2, 0) is 32.2 Å². The Bertz CT molecular complexity index is 1310. The van der Waals surface area contributed by atoms with Gasteiger partial charge in [0.2, 0.25) is 0 Å². The molecule has 2 aromatic carbocycles. The van der Waals surface area contributed by atoms with Gasteiger partial charge >= 0.3 is 12.4 Å². The van der Waals surface area contributed by atoms with Gasteiger partial charge in [-0.05, 0) is 80.1 Å². The van der Waals surface area contributed by atoms with E-state index in [1.165, 1.54) is 4.90 Å². The van der Waals surface area contributed by atoms with E-state index in [-0.39, 0.29) is 12.6 Å². The van der Waals surface area contributed by atoms with Crippen LogP contribution in [0.25, 0.3) is 0 Å². The van der Waals surface area contributed by atoms with Gasteiger partial charge in [-0.15, -0.1) is 0 Å². The Labute approximate surface area is 229 Å². The molecular formula is C29H32F6N4O. The molecule has 1 fully saturated rings. The third kappa shape index (κ3) is 7.24. The number of rotatable bonds is 7. The summed E-state index contributed by atoms with van der Waals surface area (Å²) in [5, 5.41) is 4.17. The highest BCUT2D eigenvalue weighted by atomic mass is 19.4. The largest absolute Gasteiger partial charge is 0.416 e. The average Bonchev–Trinajstić information content (AvgIpc) is 3.29. The molecule has 1 aromatic heterocycles. The summed E-state index contributed by atoms with van der Waals surface area (Å²) in [6, 6.07) is 6.57. The zero-order valence-corrected chi connectivity index (χ0v) is 22.6. The van der Waals surface area contributed by atoms with Crippen LogP contribution in [0.5, 0.6) is 0 Å². The van der Waals surface area contributed by atoms with Crippen LogP contribution < -0.4 is 0 Å². The number of aromatic nitrogens is 2. The molecule has 1 atom stereocenters. The van der Waals surface area contributed by atoms with E-state index in [0.29, 0.717) is 31.6 Å². The first-order valence-corrected chi connectivity index (χ1v) is 13.1. The molecule has 5 nitrogen and oxygen atoms in total. The Morgan fingerprint density at radius 3 is 2.17 bits per heavy atom. The van der Waals surface area contributed by atoms with E-state index in [9.17, 15) is 31.1 Å². The van der Waals surface area contributed by atoms with Gasteiger partial charge in [-0.2, -0.15) is 31.4 Å². The highest BCUT2D eigenvalue weighted by Crippen LogP contribution is 2.37. The zero-order valence-electron chi connectivity index (χ0n) is 22.6. The Hall–Kier alpha value is -3.34. The molecule has 4 rings (SSSR count). The lowest BCUT2D eigenvalue weighted by Gasteiger charge is -2.42. The maximum atomic E-state index is 13.6. The van der Waals surface area contributed by atoms with Crippen molar-refractivity contribution in [2.24, 2.45) is 7.05 Å². The van der Waals surface area contributed by atoms with Crippen LogP contribution in [0, 0.1) is 13.8 Å². The number of carbonyl (C=O) groups is 1. The fourth-order valence-electron chi connectivity index (χ4n) is 5.12. The Balaban J connectivity index is 1.58. The van der Waals surface area contributed by atoms with Gasteiger partial charge in [0.15, 0.2) is 0 Å². The minimum Gasteiger partial charge on any atom is -0.333 e. The normalized spacial score (nSPS) is 16.9. The SMILES string of the molecule is Cc1ccc(C[C@@H]2CN(CCCc3cnn(C)c3)CCN2C(=O)c2cc(C(F)(F)F)cc(C(F)(F)F)c2)cc1C. The maximum Gasteiger partial charge on any atom is 0.416 e. The molecule has 1 aliphatic heterocycles. The monoisotopic (exact) mass is 566 g/mol. The summed E-state index contributed by atoms with van der Waals surface area (Å²) in [7, 11) is 1.85. The average molecular weight is 567 g/mol. The fourth-order valence-corrected chi connectivity index (χ4v) is 5.12. The van der Waals surface area contributed by atoms with Gasteiger partial charge in [-0.3, -0.25) is 14.4 Å². The molecular weight excluding hydrogens is 534 g/mol. The van der Waals surface area contributed by atoms with Crippen LogP contribution in [0.15, 0.2) is 48.8 Å². The van der Waals surface area contributed by atoms with Crippen molar-refractivity contribution >= 4 is 5.91 Å². The summed E-state index contributed by atoms with van der Waals surface area (Å²) in [5.74, 6) is -0.833. The molecule has 216 valence electrons. The molecule has 0 aliphatic carbocycles. The summed E-state index contributed by atoms with van der Waals surface area (Å²) in [6.45, 7) is 5.80. The number of amides is 1. The highest BCUT2D eigenvalue weighted by Gasteiger charge is 2.39. The summed E-state index contributed by atoms with van der Waals surface area (Å²) in [4.78, 5) is 17.2. The molecule has 1 amide bonds. The molecule has 11 heteroatoms. The van der Waals surface area contributed by atoms with E-state index >= 15 is 0 Å². The molecule has 40 heavy (non-hydrogen) atoms. The van der Waals surface area contributed by atoms with Crippen LogP contribution in [0.2, 0.25) is 0 Å². The van der Waals surface area contributed by atoms with Crippen molar-refractivity contribution in [3.8, 4) is 0 Å². The molecule has 0 bridgehead atoms. The molecule has 0 saturated carbocycles. The minimum absolute atomic E-state index is 0.0452. The number of hydrogen-bond donors (Lipinski definition) is 0. The summed E-state index contributed by atoms with van der Waals surface area (Å²) < 4.78 is 82.5. The van der Waals surface area contributed by atoms with Crippen molar-refractivity contribution in [3.05, 3.63) is 87.7 Å². The lowest BCUT2D eigenvalue weighted by Crippen LogP contribution is -2.56. The Morgan fingerprint density at radius 1 is 0.925 bits per heavy atom. The van der Waals surface area contributed by atoms with Crippen molar-refractivity contribution in [1.29, 1.82) is 0 Å². The highest BCUT2D eigenvalue weighted by molar-refractivity contribution is 5.95. The number of piperazine rings is 1. The minimum atomic E-state index is -5.03. The van der Waals surface area contributed by atoms with Crippen molar-refractivity contribution in [2.75, 3.05) is 26.2 Å². The lowest BCUT2D eigenvalue weighted by molar-refractivity contribution is -0.143. The predicted molar refractivity (Wildman–Crippen MR) is 139 cm³/mol. The number of halogens is 6. The van der Waals surface area contributed by atoms with E-state index < -0.39 is 41.0 Å². The molecule has 1 aliphatic rings. The second-order valence-electron chi connectivity index (χ2n) is 10.5. The molecule has 0 radical (unpaired) electrons. The van der Waals surface area contributed by atoms with Crippen LogP contribution in [0.3, 0.4) is 0 Å². The number of nitrogens with zero attached hydrogens (tertiary/aromatic N) is 4. The second-order valence-corrected chi connectivity index (χ2v) is 10.5. The molecule has 3 aromatic rings. The van der Waals surface area contributed by atoms with E-state index in [2.05, 4.69) is 10.00 Å². The smallest absolute Gasteiger partial charge is 0.333 e. The number of carbonyl (C=O) groups excluding carboxylic acids is 1. The third-order valence-corrected chi connectivity index (χ3v) is 7.40. The molecule has 0 N–H and O–H groups in total. The van der Waals surface area contributed by atoms with E-state index in [4.69, 9.17) is 0 Å². The van der Waals surface area contributed by atoms with E-state index in [1.807, 2.05) is 51.5 Å². The summed E-state index contributed by atoms with van der Waals surface area (Å²) in [5.41, 5.74) is 0.609. The standard InChI is InChI=1S/C29H32F6N4O/c1-19-6-7-21(11-20(19)2)12-26-18-38(8-4-5-22-16-36-37(3)17-22)9-10-39(26)27(40)23-13-24(28(30,31)32)15-25(14-23)29(33,34)35/h6-7,11,13-17,26H,4-5,8-10,12,18H2,1-3H3/t26-/m1/s1. The summed E-state index contributed by atoms with van der Waals surface area (Å²) >= 11 is 0. The fraction of sp³-hybridized carbons (Fsp3) is 0.448. The number of benzene rings is 2. The van der Waals surface area contributed by atoms with Crippen LogP contribution in [0.1, 0.15) is 50.2 Å². The first kappa shape index (κ1) is 29.6. The van der Waals surface area contributed by atoms with Gasteiger partial charge < -0.3 is 4.90 Å². The maximum absolute atomic E-state index is 13.6. The van der Waals surface area contributed by atoms with Crippen LogP contribution in [-0.4, -0.2) is 57.7 Å². The zero-order chi connectivity index (χ0) is 29.2. The van der Waals surface area contributed by atoms with Crippen molar-refractivity contribution in [3.63, 3.8) is 0 Å². The quantitative estimate of drug-likeness (QED) is 0.326. The number of aryl methyl sites for hydroxylation is 4.